The van der Waals surface area contributed by atoms with Crippen molar-refractivity contribution in [2.24, 2.45) is 5.92 Å². The van der Waals surface area contributed by atoms with E-state index in [2.05, 4.69) is 10.6 Å². The molecule has 1 fully saturated rings. The van der Waals surface area contributed by atoms with Gasteiger partial charge in [0, 0.05) is 42.3 Å². The zero-order valence-corrected chi connectivity index (χ0v) is 21.8. The van der Waals surface area contributed by atoms with Crippen LogP contribution in [0.5, 0.6) is 11.5 Å². The zero-order valence-electron chi connectivity index (χ0n) is 21.8. The number of amides is 3. The van der Waals surface area contributed by atoms with Crippen molar-refractivity contribution in [3.05, 3.63) is 91.0 Å². The number of esters is 1. The summed E-state index contributed by atoms with van der Waals surface area (Å²) in [6.45, 7) is 1.09. The van der Waals surface area contributed by atoms with Crippen molar-refractivity contribution in [3.8, 4) is 11.5 Å². The van der Waals surface area contributed by atoms with Crippen molar-refractivity contribution in [1.29, 1.82) is 0 Å². The fourth-order valence-electron chi connectivity index (χ4n) is 4.51. The number of anilines is 3. The first-order valence-corrected chi connectivity index (χ1v) is 12.8. The van der Waals surface area contributed by atoms with E-state index in [-0.39, 0.29) is 24.8 Å². The molecule has 9 heteroatoms. The highest BCUT2D eigenvalue weighted by atomic mass is 16.5. The summed E-state index contributed by atoms with van der Waals surface area (Å²) in [6, 6.07) is 27.5. The third-order valence-corrected chi connectivity index (χ3v) is 6.42. The van der Waals surface area contributed by atoms with Gasteiger partial charge in [0.2, 0.25) is 11.8 Å². The highest BCUT2D eigenvalue weighted by molar-refractivity contribution is 6.00. The van der Waals surface area contributed by atoms with Gasteiger partial charge in [0.1, 0.15) is 11.5 Å². The fourth-order valence-corrected chi connectivity index (χ4v) is 4.51. The molecule has 0 aromatic heterocycles. The van der Waals surface area contributed by atoms with E-state index in [0.29, 0.717) is 22.8 Å². The fraction of sp³-hybridized carbons (Fsp3) is 0.161. The van der Waals surface area contributed by atoms with Crippen LogP contribution < -0.4 is 20.3 Å². The van der Waals surface area contributed by atoms with Crippen LogP contribution in [0.25, 0.3) is 10.8 Å². The second kappa shape index (κ2) is 11.7. The summed E-state index contributed by atoms with van der Waals surface area (Å²) in [5.41, 5.74) is 1.73. The van der Waals surface area contributed by atoms with Crippen LogP contribution in [0.4, 0.5) is 17.1 Å². The third-order valence-electron chi connectivity index (χ3n) is 6.42. The molecule has 1 saturated heterocycles. The van der Waals surface area contributed by atoms with Gasteiger partial charge in [-0.1, -0.05) is 36.4 Å². The maximum atomic E-state index is 12.7. The van der Waals surface area contributed by atoms with Gasteiger partial charge >= 0.3 is 5.97 Å². The smallest absolute Gasteiger partial charge is 0.311 e. The average molecular weight is 538 g/mol. The Morgan fingerprint density at radius 2 is 1.52 bits per heavy atom. The normalized spacial score (nSPS) is 14.6. The van der Waals surface area contributed by atoms with Gasteiger partial charge in [-0.2, -0.15) is 0 Å². The van der Waals surface area contributed by atoms with Gasteiger partial charge in [-0.25, -0.2) is 0 Å². The van der Waals surface area contributed by atoms with Crippen molar-refractivity contribution < 1.29 is 28.7 Å². The van der Waals surface area contributed by atoms with Gasteiger partial charge in [0.25, 0.3) is 5.91 Å². The number of nitrogens with zero attached hydrogens (tertiary/aromatic N) is 1. The van der Waals surface area contributed by atoms with Gasteiger partial charge in [-0.05, 0) is 60.0 Å². The van der Waals surface area contributed by atoms with E-state index < -0.39 is 24.4 Å². The summed E-state index contributed by atoms with van der Waals surface area (Å²) in [5, 5.41) is 7.34. The second-order valence-corrected chi connectivity index (χ2v) is 9.39. The molecule has 0 bridgehead atoms. The van der Waals surface area contributed by atoms with Crippen LogP contribution in [0, 0.1) is 5.92 Å². The highest BCUT2D eigenvalue weighted by Gasteiger charge is 2.36. The first-order chi connectivity index (χ1) is 19.4. The van der Waals surface area contributed by atoms with Gasteiger partial charge in [-0.3, -0.25) is 19.2 Å². The first-order valence-electron chi connectivity index (χ1n) is 12.8. The second-order valence-electron chi connectivity index (χ2n) is 9.39. The van der Waals surface area contributed by atoms with Gasteiger partial charge in [0.15, 0.2) is 6.61 Å². The number of fused-ring (bicyclic) bond motifs is 1. The molecule has 0 aliphatic carbocycles. The topological polar surface area (TPSA) is 114 Å². The minimum atomic E-state index is -0.677. The number of benzene rings is 4. The van der Waals surface area contributed by atoms with Gasteiger partial charge in [-0.15, -0.1) is 0 Å². The molecule has 4 aromatic carbocycles. The highest BCUT2D eigenvalue weighted by Crippen LogP contribution is 2.32. The molecule has 1 atom stereocenters. The molecule has 40 heavy (non-hydrogen) atoms. The van der Waals surface area contributed by atoms with E-state index >= 15 is 0 Å². The molecule has 2 N–H and O–H groups in total. The Bertz CT molecular complexity index is 1560. The van der Waals surface area contributed by atoms with E-state index in [4.69, 9.17) is 9.47 Å². The van der Waals surface area contributed by atoms with E-state index in [1.807, 2.05) is 42.5 Å². The lowest BCUT2D eigenvalue weighted by Crippen LogP contribution is -2.28. The zero-order chi connectivity index (χ0) is 28.1. The number of ether oxygens (including phenoxy) is 2. The van der Waals surface area contributed by atoms with Crippen molar-refractivity contribution in [1.82, 2.24) is 0 Å². The van der Waals surface area contributed by atoms with E-state index in [1.165, 1.54) is 11.8 Å². The first kappa shape index (κ1) is 26.4. The number of carbonyl (C=O) groups is 4. The largest absolute Gasteiger partial charge is 0.457 e. The molecule has 9 nitrogen and oxygen atoms in total. The molecule has 202 valence electrons. The van der Waals surface area contributed by atoms with Gasteiger partial charge in [0.05, 0.1) is 5.92 Å². The van der Waals surface area contributed by atoms with Gasteiger partial charge < -0.3 is 25.0 Å². The lowest BCUT2D eigenvalue weighted by atomic mass is 10.1. The molecule has 1 aliphatic rings. The summed E-state index contributed by atoms with van der Waals surface area (Å²) >= 11 is 0. The maximum absolute atomic E-state index is 12.7. The number of carbonyl (C=O) groups excluding carboxylic acids is 4. The monoisotopic (exact) mass is 537 g/mol. The molecule has 0 radical (unpaired) electrons. The summed E-state index contributed by atoms with van der Waals surface area (Å²) < 4.78 is 11.3. The van der Waals surface area contributed by atoms with Crippen LogP contribution in [0.3, 0.4) is 0 Å². The lowest BCUT2D eigenvalue weighted by Gasteiger charge is -2.17. The summed E-state index contributed by atoms with van der Waals surface area (Å²) in [7, 11) is 0. The van der Waals surface area contributed by atoms with Crippen LogP contribution in [0.15, 0.2) is 91.0 Å². The minimum Gasteiger partial charge on any atom is -0.457 e. The van der Waals surface area contributed by atoms with Crippen LogP contribution in [0.2, 0.25) is 0 Å². The van der Waals surface area contributed by atoms with E-state index in [0.717, 1.165) is 16.5 Å². The Morgan fingerprint density at radius 3 is 2.25 bits per heavy atom. The van der Waals surface area contributed by atoms with Crippen LogP contribution >= 0.6 is 0 Å². The molecule has 0 unspecified atom stereocenters. The van der Waals surface area contributed by atoms with Crippen LogP contribution in [-0.4, -0.2) is 36.8 Å². The summed E-state index contributed by atoms with van der Waals surface area (Å²) in [5.74, 6) is -0.838. The number of hydrogen-bond acceptors (Lipinski definition) is 6. The van der Waals surface area contributed by atoms with E-state index in [1.54, 1.807) is 48.5 Å². The Balaban J connectivity index is 1.13. The minimum absolute atomic E-state index is 0.000675. The predicted molar refractivity (Wildman–Crippen MR) is 151 cm³/mol. The molecule has 3 amide bonds. The quantitative estimate of drug-likeness (QED) is 0.302. The molecule has 4 aromatic rings. The number of nitrogens with one attached hydrogen (secondary N) is 2. The Kier molecular flexibility index (Phi) is 7.72. The van der Waals surface area contributed by atoms with Crippen LogP contribution in [0.1, 0.15) is 13.3 Å². The average Bonchev–Trinajstić information content (AvgIpc) is 3.35. The molecule has 1 heterocycles. The van der Waals surface area contributed by atoms with Crippen molar-refractivity contribution in [2.45, 2.75) is 13.3 Å². The number of hydrogen-bond donors (Lipinski definition) is 2. The molecule has 0 spiro atoms. The maximum Gasteiger partial charge on any atom is 0.311 e. The summed E-state index contributed by atoms with van der Waals surface area (Å²) in [6.07, 6.45) is -0.000675. The Morgan fingerprint density at radius 1 is 0.850 bits per heavy atom. The molecule has 1 aliphatic heterocycles. The Hall–Kier alpha value is -5.18. The molecule has 5 rings (SSSR count). The van der Waals surface area contributed by atoms with Crippen molar-refractivity contribution in [2.75, 3.05) is 28.7 Å². The number of rotatable bonds is 8. The van der Waals surface area contributed by atoms with Crippen molar-refractivity contribution in [3.63, 3.8) is 0 Å². The predicted octanol–water partition coefficient (Wildman–Crippen LogP) is 5.13. The summed E-state index contributed by atoms with van der Waals surface area (Å²) in [4.78, 5) is 50.1. The van der Waals surface area contributed by atoms with E-state index in [9.17, 15) is 19.2 Å². The van der Waals surface area contributed by atoms with Crippen molar-refractivity contribution >= 4 is 51.5 Å². The SMILES string of the molecule is CC(=O)Nc1ccc(NC(=O)COC(=O)[C@@H]2CC(=O)N(c3ccc(Oc4cccc5ccccc45)cc3)C2)cc1. The standard InChI is InChI=1S/C31H27N3O6/c1-20(35)32-23-9-11-24(12-10-23)33-29(36)19-39-31(38)22-17-30(37)34(18-22)25-13-15-26(16-14-25)40-28-8-4-6-21-5-2-3-7-27(21)28/h2-16,22H,17-19H2,1H3,(H,32,35)(H,33,36)/t22-/m1/s1. The molecular weight excluding hydrogens is 510 g/mol. The molecule has 0 saturated carbocycles. The molecular formula is C31H27N3O6. The lowest BCUT2D eigenvalue weighted by molar-refractivity contribution is -0.151. The van der Waals surface area contributed by atoms with Crippen LogP contribution in [-0.2, 0) is 23.9 Å². The Labute approximate surface area is 230 Å². The third kappa shape index (κ3) is 6.27.